The van der Waals surface area contributed by atoms with Crippen LogP contribution in [0.2, 0.25) is 5.02 Å². The third-order valence-electron chi connectivity index (χ3n) is 4.47. The van der Waals surface area contributed by atoms with Crippen molar-refractivity contribution in [2.75, 3.05) is 13.1 Å². The van der Waals surface area contributed by atoms with Crippen LogP contribution in [0.25, 0.3) is 0 Å². The maximum atomic E-state index is 12.7. The van der Waals surface area contributed by atoms with Crippen molar-refractivity contribution in [3.63, 3.8) is 0 Å². The third kappa shape index (κ3) is 6.41. The molecule has 2 atom stereocenters. The second kappa shape index (κ2) is 9.28. The van der Waals surface area contributed by atoms with Crippen LogP contribution < -0.4 is 5.32 Å². The van der Waals surface area contributed by atoms with Gasteiger partial charge in [-0.1, -0.05) is 23.7 Å². The molecule has 1 fully saturated rings. The van der Waals surface area contributed by atoms with Crippen LogP contribution in [0.4, 0.5) is 4.79 Å². The average Bonchev–Trinajstić information content (AvgIpc) is 3.07. The molecule has 0 spiro atoms. The molecule has 7 nitrogen and oxygen atoms in total. The molecule has 1 aliphatic heterocycles. The minimum atomic E-state index is -0.953. The molecule has 0 saturated carbocycles. The van der Waals surface area contributed by atoms with E-state index < -0.39 is 29.6 Å². The summed E-state index contributed by atoms with van der Waals surface area (Å²) in [6.45, 7) is 5.95. The Morgan fingerprint density at radius 1 is 1.29 bits per heavy atom. The van der Waals surface area contributed by atoms with Crippen LogP contribution in [-0.4, -0.2) is 52.7 Å². The van der Waals surface area contributed by atoms with Crippen LogP contribution in [0.15, 0.2) is 24.3 Å². The zero-order chi connectivity index (χ0) is 20.9. The van der Waals surface area contributed by atoms with Gasteiger partial charge < -0.3 is 15.2 Å². The highest BCUT2D eigenvalue weighted by Gasteiger charge is 2.36. The van der Waals surface area contributed by atoms with Crippen molar-refractivity contribution in [2.45, 2.75) is 57.6 Å². The molecule has 1 heterocycles. The van der Waals surface area contributed by atoms with Gasteiger partial charge in [-0.2, -0.15) is 0 Å². The molecule has 1 saturated heterocycles. The van der Waals surface area contributed by atoms with Gasteiger partial charge in [0.05, 0.1) is 6.42 Å². The Balaban J connectivity index is 2.01. The fourth-order valence-electron chi connectivity index (χ4n) is 3.17. The lowest BCUT2D eigenvalue weighted by Gasteiger charge is -2.28. The SMILES string of the molecule is CC(C)(C)OC(=O)N1CCCC1C(=O)NCC(CC(=O)O)c1ccc(Cl)cc1. The number of carbonyl (C=O) groups is 3. The summed E-state index contributed by atoms with van der Waals surface area (Å²) in [6.07, 6.45) is 0.635. The molecule has 2 unspecified atom stereocenters. The Morgan fingerprint density at radius 3 is 2.50 bits per heavy atom. The maximum Gasteiger partial charge on any atom is 0.410 e. The summed E-state index contributed by atoms with van der Waals surface area (Å²) < 4.78 is 5.38. The number of carboxylic acid groups (broad SMARTS) is 1. The largest absolute Gasteiger partial charge is 0.481 e. The van der Waals surface area contributed by atoms with Crippen molar-refractivity contribution in [1.29, 1.82) is 0 Å². The highest BCUT2D eigenvalue weighted by atomic mass is 35.5. The summed E-state index contributed by atoms with van der Waals surface area (Å²) >= 11 is 5.89. The number of hydrogen-bond donors (Lipinski definition) is 2. The number of nitrogens with zero attached hydrogens (tertiary/aromatic N) is 1. The first-order chi connectivity index (χ1) is 13.1. The van der Waals surface area contributed by atoms with E-state index in [1.807, 2.05) is 0 Å². The Morgan fingerprint density at radius 2 is 1.93 bits per heavy atom. The minimum absolute atomic E-state index is 0.123. The molecule has 0 bridgehead atoms. The summed E-state index contributed by atoms with van der Waals surface area (Å²) in [4.78, 5) is 37.7. The van der Waals surface area contributed by atoms with Crippen molar-refractivity contribution in [3.05, 3.63) is 34.9 Å². The molecule has 8 heteroatoms. The van der Waals surface area contributed by atoms with E-state index in [4.69, 9.17) is 16.3 Å². The molecule has 0 aromatic heterocycles. The molecule has 0 aliphatic carbocycles. The number of aliphatic carboxylic acids is 1. The number of rotatable bonds is 6. The normalized spacial score (nSPS) is 17.9. The van der Waals surface area contributed by atoms with Gasteiger partial charge in [-0.3, -0.25) is 14.5 Å². The Bertz CT molecular complexity index is 714. The van der Waals surface area contributed by atoms with E-state index in [0.29, 0.717) is 24.4 Å². The lowest BCUT2D eigenvalue weighted by Crippen LogP contribution is -2.48. The maximum absolute atomic E-state index is 12.7. The molecular weight excluding hydrogens is 384 g/mol. The lowest BCUT2D eigenvalue weighted by molar-refractivity contribution is -0.137. The van der Waals surface area contributed by atoms with Crippen LogP contribution in [0.1, 0.15) is 51.5 Å². The van der Waals surface area contributed by atoms with E-state index in [0.717, 1.165) is 5.56 Å². The number of hydrogen-bond acceptors (Lipinski definition) is 4. The van der Waals surface area contributed by atoms with Crippen LogP contribution in [0.5, 0.6) is 0 Å². The van der Waals surface area contributed by atoms with E-state index in [2.05, 4.69) is 5.32 Å². The van der Waals surface area contributed by atoms with Gasteiger partial charge in [0.15, 0.2) is 0 Å². The number of carbonyl (C=O) groups excluding carboxylic acids is 2. The summed E-state index contributed by atoms with van der Waals surface area (Å²) in [5.41, 5.74) is 0.143. The van der Waals surface area contributed by atoms with Crippen LogP contribution in [0.3, 0.4) is 0 Å². The van der Waals surface area contributed by atoms with Crippen molar-refractivity contribution in [3.8, 4) is 0 Å². The predicted molar refractivity (Wildman–Crippen MR) is 105 cm³/mol. The lowest BCUT2D eigenvalue weighted by atomic mass is 9.95. The average molecular weight is 411 g/mol. The first kappa shape index (κ1) is 22.0. The third-order valence-corrected chi connectivity index (χ3v) is 4.72. The summed E-state index contributed by atoms with van der Waals surface area (Å²) in [7, 11) is 0. The van der Waals surface area contributed by atoms with E-state index >= 15 is 0 Å². The second-order valence-electron chi connectivity index (χ2n) is 7.92. The zero-order valence-corrected chi connectivity index (χ0v) is 17.2. The summed E-state index contributed by atoms with van der Waals surface area (Å²) in [5.74, 6) is -1.65. The number of nitrogens with one attached hydrogen (secondary N) is 1. The van der Waals surface area contributed by atoms with Crippen molar-refractivity contribution >= 4 is 29.6 Å². The summed E-state index contributed by atoms with van der Waals surface area (Å²) in [6, 6.07) is 6.28. The monoisotopic (exact) mass is 410 g/mol. The molecule has 1 aliphatic rings. The molecule has 2 rings (SSSR count). The Kier molecular flexibility index (Phi) is 7.29. The second-order valence-corrected chi connectivity index (χ2v) is 8.36. The first-order valence-electron chi connectivity index (χ1n) is 9.31. The quantitative estimate of drug-likeness (QED) is 0.749. The molecule has 2 amide bonds. The van der Waals surface area contributed by atoms with Gasteiger partial charge in [-0.15, -0.1) is 0 Å². The minimum Gasteiger partial charge on any atom is -0.481 e. The number of ether oxygens (including phenoxy) is 1. The number of amides is 2. The molecule has 1 aromatic rings. The fourth-order valence-corrected chi connectivity index (χ4v) is 3.30. The summed E-state index contributed by atoms with van der Waals surface area (Å²) in [5, 5.41) is 12.6. The van der Waals surface area contributed by atoms with Gasteiger partial charge in [0, 0.05) is 24.0 Å². The van der Waals surface area contributed by atoms with Crippen molar-refractivity contribution in [2.24, 2.45) is 0 Å². The smallest absolute Gasteiger partial charge is 0.410 e. The first-order valence-corrected chi connectivity index (χ1v) is 9.69. The Hall–Kier alpha value is -2.28. The molecule has 1 aromatic carbocycles. The van der Waals surface area contributed by atoms with E-state index in [-0.39, 0.29) is 18.9 Å². The molecule has 28 heavy (non-hydrogen) atoms. The predicted octanol–water partition coefficient (Wildman–Crippen LogP) is 3.41. The van der Waals surface area contributed by atoms with Gasteiger partial charge in [0.25, 0.3) is 0 Å². The van der Waals surface area contributed by atoms with Gasteiger partial charge in [-0.25, -0.2) is 4.79 Å². The van der Waals surface area contributed by atoms with Crippen molar-refractivity contribution in [1.82, 2.24) is 10.2 Å². The van der Waals surface area contributed by atoms with Crippen LogP contribution in [-0.2, 0) is 14.3 Å². The highest BCUT2D eigenvalue weighted by Crippen LogP contribution is 2.23. The highest BCUT2D eigenvalue weighted by molar-refractivity contribution is 6.30. The van der Waals surface area contributed by atoms with E-state index in [1.165, 1.54) is 4.90 Å². The van der Waals surface area contributed by atoms with Crippen LogP contribution >= 0.6 is 11.6 Å². The fraction of sp³-hybridized carbons (Fsp3) is 0.550. The molecule has 0 radical (unpaired) electrons. The van der Waals surface area contributed by atoms with E-state index in [9.17, 15) is 19.5 Å². The number of benzene rings is 1. The van der Waals surface area contributed by atoms with E-state index in [1.54, 1.807) is 45.0 Å². The number of halogens is 1. The van der Waals surface area contributed by atoms with Gasteiger partial charge in [0.2, 0.25) is 5.91 Å². The van der Waals surface area contributed by atoms with Crippen molar-refractivity contribution < 1.29 is 24.2 Å². The molecular formula is C20H27ClN2O5. The Labute approximate surface area is 170 Å². The number of carboxylic acids is 1. The van der Waals surface area contributed by atoms with Gasteiger partial charge in [-0.05, 0) is 51.3 Å². The zero-order valence-electron chi connectivity index (χ0n) is 16.4. The topological polar surface area (TPSA) is 95.9 Å². The number of likely N-dealkylation sites (tertiary alicyclic amines) is 1. The van der Waals surface area contributed by atoms with Crippen LogP contribution in [0, 0.1) is 0 Å². The van der Waals surface area contributed by atoms with Gasteiger partial charge >= 0.3 is 12.1 Å². The van der Waals surface area contributed by atoms with Gasteiger partial charge in [0.1, 0.15) is 11.6 Å². The molecule has 154 valence electrons. The molecule has 2 N–H and O–H groups in total. The standard InChI is InChI=1S/C20H27ClN2O5/c1-20(2,3)28-19(27)23-10-4-5-16(23)18(26)22-12-14(11-17(24)25)13-6-8-15(21)9-7-13/h6-9,14,16H,4-5,10-12H2,1-3H3,(H,22,26)(H,24,25).